The first-order chi connectivity index (χ1) is 8.16. The summed E-state index contributed by atoms with van der Waals surface area (Å²) in [4.78, 5) is 22.6. The van der Waals surface area contributed by atoms with Gasteiger partial charge in [0.1, 0.15) is 0 Å². The average molecular weight is 258 g/mol. The molecule has 1 amide bonds. The molecule has 0 heterocycles. The van der Waals surface area contributed by atoms with Crippen molar-refractivity contribution in [1.82, 2.24) is 0 Å². The van der Waals surface area contributed by atoms with Crippen molar-refractivity contribution in [3.05, 3.63) is 0 Å². The fraction of sp³-hybridized carbons (Fsp3) is 0.846. The standard InChI is InChI=1S/C13H26N2O3/c1-7(2)5-10(14)11(16)6-9(8(3)4)12(17)13(15)18/h7-11,16H,5-6,14H2,1-4H3,(H2,15,18)/t9-,10-,11-/m0/s1. The van der Waals surface area contributed by atoms with Gasteiger partial charge in [0.2, 0.25) is 5.78 Å². The molecule has 0 saturated heterocycles. The maximum absolute atomic E-state index is 11.6. The first-order valence-electron chi connectivity index (χ1n) is 6.44. The molecular weight excluding hydrogens is 232 g/mol. The van der Waals surface area contributed by atoms with Crippen molar-refractivity contribution in [3.63, 3.8) is 0 Å². The Morgan fingerprint density at radius 1 is 1.11 bits per heavy atom. The highest BCUT2D eigenvalue weighted by molar-refractivity contribution is 6.36. The van der Waals surface area contributed by atoms with Crippen molar-refractivity contribution >= 4 is 11.7 Å². The highest BCUT2D eigenvalue weighted by Crippen LogP contribution is 2.21. The minimum absolute atomic E-state index is 0.0501. The third-order valence-electron chi connectivity index (χ3n) is 3.12. The normalized spacial score (nSPS) is 16.7. The van der Waals surface area contributed by atoms with E-state index in [1.54, 1.807) is 0 Å². The van der Waals surface area contributed by atoms with Crippen LogP contribution in [0.15, 0.2) is 0 Å². The summed E-state index contributed by atoms with van der Waals surface area (Å²) < 4.78 is 0. The summed E-state index contributed by atoms with van der Waals surface area (Å²) in [6.07, 6.45) is 0.0764. The molecule has 5 N–H and O–H groups in total. The summed E-state index contributed by atoms with van der Waals surface area (Å²) >= 11 is 0. The maximum atomic E-state index is 11.6. The fourth-order valence-corrected chi connectivity index (χ4v) is 2.00. The van der Waals surface area contributed by atoms with E-state index in [-0.39, 0.29) is 18.4 Å². The summed E-state index contributed by atoms with van der Waals surface area (Å²) in [5, 5.41) is 9.99. The van der Waals surface area contributed by atoms with Gasteiger partial charge in [0.25, 0.3) is 5.91 Å². The first-order valence-corrected chi connectivity index (χ1v) is 6.44. The maximum Gasteiger partial charge on any atom is 0.285 e. The van der Waals surface area contributed by atoms with E-state index < -0.39 is 23.7 Å². The Hall–Kier alpha value is -0.940. The van der Waals surface area contributed by atoms with Gasteiger partial charge >= 0.3 is 0 Å². The molecule has 0 bridgehead atoms. The van der Waals surface area contributed by atoms with Gasteiger partial charge in [0.15, 0.2) is 0 Å². The van der Waals surface area contributed by atoms with E-state index in [1.807, 2.05) is 27.7 Å². The Morgan fingerprint density at radius 2 is 1.61 bits per heavy atom. The van der Waals surface area contributed by atoms with Gasteiger partial charge in [-0.2, -0.15) is 0 Å². The number of rotatable bonds is 8. The van der Waals surface area contributed by atoms with E-state index in [0.717, 1.165) is 0 Å². The van der Waals surface area contributed by atoms with Crippen LogP contribution in [0.1, 0.15) is 40.5 Å². The number of carbonyl (C=O) groups excluding carboxylic acids is 2. The molecular formula is C13H26N2O3. The predicted octanol–water partition coefficient (Wildman–Crippen LogP) is 0.437. The van der Waals surface area contributed by atoms with Crippen molar-refractivity contribution in [3.8, 4) is 0 Å². The molecule has 3 atom stereocenters. The number of carbonyl (C=O) groups is 2. The van der Waals surface area contributed by atoms with Crippen LogP contribution in [-0.4, -0.2) is 28.9 Å². The van der Waals surface area contributed by atoms with E-state index >= 15 is 0 Å². The molecule has 0 aliphatic rings. The molecule has 0 aliphatic carbocycles. The van der Waals surface area contributed by atoms with Crippen LogP contribution in [0.5, 0.6) is 0 Å². The number of nitrogens with two attached hydrogens (primary N) is 2. The number of hydrogen-bond acceptors (Lipinski definition) is 4. The number of aliphatic hydroxyl groups excluding tert-OH is 1. The molecule has 0 rings (SSSR count). The third-order valence-corrected chi connectivity index (χ3v) is 3.12. The monoisotopic (exact) mass is 258 g/mol. The van der Waals surface area contributed by atoms with Crippen molar-refractivity contribution in [2.45, 2.75) is 52.7 Å². The molecule has 0 aromatic heterocycles. The lowest BCUT2D eigenvalue weighted by Gasteiger charge is -2.26. The summed E-state index contributed by atoms with van der Waals surface area (Å²) in [5.74, 6) is -1.81. The number of primary amides is 1. The van der Waals surface area contributed by atoms with Gasteiger partial charge in [-0.1, -0.05) is 27.7 Å². The third kappa shape index (κ3) is 5.60. The molecule has 106 valence electrons. The quantitative estimate of drug-likeness (QED) is 0.549. The van der Waals surface area contributed by atoms with Gasteiger partial charge in [0, 0.05) is 12.0 Å². The van der Waals surface area contributed by atoms with Crippen LogP contribution in [0.25, 0.3) is 0 Å². The van der Waals surface area contributed by atoms with Crippen LogP contribution in [0.2, 0.25) is 0 Å². The summed E-state index contributed by atoms with van der Waals surface area (Å²) in [6, 6.07) is -0.382. The molecule has 0 aliphatic heterocycles. The van der Waals surface area contributed by atoms with Crippen LogP contribution in [0, 0.1) is 17.8 Å². The smallest absolute Gasteiger partial charge is 0.285 e. The van der Waals surface area contributed by atoms with Gasteiger partial charge in [-0.3, -0.25) is 9.59 Å². The number of hydrogen-bond donors (Lipinski definition) is 3. The Labute approximate surface area is 109 Å². The molecule has 18 heavy (non-hydrogen) atoms. The second-order valence-electron chi connectivity index (χ2n) is 5.68. The number of Topliss-reactive ketones (excluding diaryl/α,β-unsaturated/α-hetero) is 1. The molecule has 0 fully saturated rings. The number of amides is 1. The van der Waals surface area contributed by atoms with Crippen LogP contribution >= 0.6 is 0 Å². The fourth-order valence-electron chi connectivity index (χ4n) is 2.00. The van der Waals surface area contributed by atoms with Crippen molar-refractivity contribution in [1.29, 1.82) is 0 Å². The Morgan fingerprint density at radius 3 is 1.94 bits per heavy atom. The second-order valence-corrected chi connectivity index (χ2v) is 5.68. The van der Waals surface area contributed by atoms with Gasteiger partial charge in [-0.15, -0.1) is 0 Å². The molecule has 0 radical (unpaired) electrons. The summed E-state index contributed by atoms with van der Waals surface area (Å²) in [6.45, 7) is 7.68. The minimum Gasteiger partial charge on any atom is -0.391 e. The molecule has 0 unspecified atom stereocenters. The van der Waals surface area contributed by atoms with Crippen molar-refractivity contribution in [2.24, 2.45) is 29.2 Å². The average Bonchev–Trinajstić information content (AvgIpc) is 2.22. The number of ketones is 1. The SMILES string of the molecule is CC(C)C[C@H](N)[C@@H](O)C[C@H](C(=O)C(N)=O)C(C)C. The Balaban J connectivity index is 4.59. The zero-order valence-electron chi connectivity index (χ0n) is 11.7. The lowest BCUT2D eigenvalue weighted by Crippen LogP contribution is -2.41. The van der Waals surface area contributed by atoms with Gasteiger partial charge in [-0.05, 0) is 24.7 Å². The van der Waals surface area contributed by atoms with Crippen LogP contribution in [0.4, 0.5) is 0 Å². The molecule has 5 heteroatoms. The predicted molar refractivity (Wildman–Crippen MR) is 70.6 cm³/mol. The first kappa shape index (κ1) is 17.1. The zero-order valence-corrected chi connectivity index (χ0v) is 11.7. The largest absolute Gasteiger partial charge is 0.391 e. The minimum atomic E-state index is -0.946. The molecule has 0 spiro atoms. The highest BCUT2D eigenvalue weighted by Gasteiger charge is 2.30. The van der Waals surface area contributed by atoms with Crippen LogP contribution < -0.4 is 11.5 Å². The van der Waals surface area contributed by atoms with E-state index in [1.165, 1.54) is 0 Å². The topological polar surface area (TPSA) is 106 Å². The zero-order chi connectivity index (χ0) is 14.5. The molecule has 0 aromatic carbocycles. The van der Waals surface area contributed by atoms with E-state index in [4.69, 9.17) is 11.5 Å². The molecule has 0 saturated carbocycles. The Bertz CT molecular complexity index is 290. The molecule has 5 nitrogen and oxygen atoms in total. The van der Waals surface area contributed by atoms with Gasteiger partial charge in [0.05, 0.1) is 6.10 Å². The lowest BCUT2D eigenvalue weighted by molar-refractivity contribution is -0.140. The summed E-state index contributed by atoms with van der Waals surface area (Å²) in [7, 11) is 0. The van der Waals surface area contributed by atoms with Gasteiger partial charge < -0.3 is 16.6 Å². The van der Waals surface area contributed by atoms with E-state index in [9.17, 15) is 14.7 Å². The van der Waals surface area contributed by atoms with Crippen LogP contribution in [-0.2, 0) is 9.59 Å². The second kappa shape index (κ2) is 7.48. The van der Waals surface area contributed by atoms with Crippen molar-refractivity contribution < 1.29 is 14.7 Å². The van der Waals surface area contributed by atoms with Gasteiger partial charge in [-0.25, -0.2) is 0 Å². The van der Waals surface area contributed by atoms with Crippen molar-refractivity contribution in [2.75, 3.05) is 0 Å². The number of aliphatic hydroxyl groups is 1. The summed E-state index contributed by atoms with van der Waals surface area (Å²) in [5.41, 5.74) is 10.9. The Kier molecular flexibility index (Phi) is 7.09. The van der Waals surface area contributed by atoms with E-state index in [2.05, 4.69) is 0 Å². The van der Waals surface area contributed by atoms with E-state index in [0.29, 0.717) is 12.3 Å². The van der Waals surface area contributed by atoms with Crippen LogP contribution in [0.3, 0.4) is 0 Å². The molecule has 0 aromatic rings. The highest BCUT2D eigenvalue weighted by atomic mass is 16.3. The lowest BCUT2D eigenvalue weighted by atomic mass is 9.83.